The van der Waals surface area contributed by atoms with E-state index in [4.69, 9.17) is 23.7 Å². The van der Waals surface area contributed by atoms with Crippen molar-refractivity contribution in [2.75, 3.05) is 27.3 Å². The average molecular weight is 628 g/mol. The molecule has 3 aliphatic rings. The maximum Gasteiger partial charge on any atom is 0.311 e. The second-order valence-electron chi connectivity index (χ2n) is 14.8. The summed E-state index contributed by atoms with van der Waals surface area (Å²) in [6.07, 6.45) is -4.05. The van der Waals surface area contributed by atoms with Gasteiger partial charge in [-0.1, -0.05) is 41.2 Å². The average Bonchev–Trinajstić information content (AvgIpc) is 2.97. The van der Waals surface area contributed by atoms with Crippen LogP contribution in [0.4, 0.5) is 0 Å². The molecule has 0 spiro atoms. The van der Waals surface area contributed by atoms with Gasteiger partial charge < -0.3 is 43.9 Å². The number of likely N-dealkylation sites (N-methyl/N-ethyl adjacent to an activating group) is 1. The quantitative estimate of drug-likeness (QED) is 0.315. The summed E-state index contributed by atoms with van der Waals surface area (Å²) >= 11 is 0. The zero-order chi connectivity index (χ0) is 33.3. The molecule has 3 N–H and O–H groups in total. The SMILES string of the molecule is C=C1COC2[C@@H](C)[C@@H](C)[C@H](C)C[C@@](C)(OC1)[C@H](O[C@@H]1O[C@H](C)C[C@H](N(C)C)[C@H]1O)[C@@H](C)[C@H](O)C(C)C(=O)O[C@H](CC)[C@@]2(C)O. The van der Waals surface area contributed by atoms with E-state index in [9.17, 15) is 20.1 Å². The van der Waals surface area contributed by atoms with Gasteiger partial charge in [0, 0.05) is 12.0 Å². The Morgan fingerprint density at radius 3 is 2.23 bits per heavy atom. The Morgan fingerprint density at radius 1 is 1.00 bits per heavy atom. The molecule has 15 atom stereocenters. The Balaban J connectivity index is 2.18. The van der Waals surface area contributed by atoms with Crippen LogP contribution < -0.4 is 0 Å². The van der Waals surface area contributed by atoms with E-state index in [1.807, 2.05) is 46.7 Å². The number of hydrogen-bond donors (Lipinski definition) is 3. The smallest absolute Gasteiger partial charge is 0.311 e. The molecule has 0 aromatic rings. The molecule has 0 aliphatic carbocycles. The van der Waals surface area contributed by atoms with E-state index in [2.05, 4.69) is 27.4 Å². The Morgan fingerprint density at radius 2 is 1.64 bits per heavy atom. The van der Waals surface area contributed by atoms with E-state index in [1.165, 1.54) is 0 Å². The van der Waals surface area contributed by atoms with Crippen LogP contribution in [0.25, 0.3) is 0 Å². The highest BCUT2D eigenvalue weighted by Crippen LogP contribution is 2.43. The molecule has 3 saturated heterocycles. The maximum atomic E-state index is 13.6. The normalized spacial score (nSPS) is 48.7. The summed E-state index contributed by atoms with van der Waals surface area (Å²) in [7, 11) is 3.84. The fourth-order valence-corrected chi connectivity index (χ4v) is 7.69. The van der Waals surface area contributed by atoms with Crippen molar-refractivity contribution in [1.29, 1.82) is 0 Å². The van der Waals surface area contributed by atoms with Crippen LogP contribution >= 0.6 is 0 Å². The molecule has 0 saturated carbocycles. The predicted octanol–water partition coefficient (Wildman–Crippen LogP) is 3.55. The molecule has 256 valence electrons. The standard InChI is InChI=1S/C34H61NO9/c1-13-26-34(10,39)30-22(6)21(5)19(3)15-33(9,41-17-18(2)16-40-30)29(23(7)27(36)24(8)31(38)43-26)44-32-28(37)25(35(11)12)14-20(4)42-32/h19-30,32,36-37,39H,2,13-17H2,1,3-12H3/t19-,20-,21+,22+,23+,24?,25+,26-,27+,28-,29-,30?,32+,33-,34-/m1/s1. The third-order valence-corrected chi connectivity index (χ3v) is 10.9. The maximum absolute atomic E-state index is 13.6. The second-order valence-corrected chi connectivity index (χ2v) is 14.8. The highest BCUT2D eigenvalue weighted by atomic mass is 16.7. The van der Waals surface area contributed by atoms with E-state index in [-0.39, 0.29) is 43.1 Å². The van der Waals surface area contributed by atoms with Gasteiger partial charge >= 0.3 is 5.97 Å². The van der Waals surface area contributed by atoms with E-state index in [1.54, 1.807) is 13.8 Å². The fourth-order valence-electron chi connectivity index (χ4n) is 7.69. The zero-order valence-corrected chi connectivity index (χ0v) is 29.0. The van der Waals surface area contributed by atoms with Gasteiger partial charge in [-0.2, -0.15) is 0 Å². The molecule has 0 amide bonds. The van der Waals surface area contributed by atoms with Gasteiger partial charge in [0.15, 0.2) is 6.29 Å². The summed E-state index contributed by atoms with van der Waals surface area (Å²) in [5.74, 6) is -2.21. The van der Waals surface area contributed by atoms with Crippen molar-refractivity contribution in [3.63, 3.8) is 0 Å². The molecule has 0 radical (unpaired) electrons. The minimum Gasteiger partial charge on any atom is -0.459 e. The lowest BCUT2D eigenvalue weighted by Gasteiger charge is -2.49. The van der Waals surface area contributed by atoms with Crippen LogP contribution in [0.3, 0.4) is 0 Å². The number of nitrogens with zero attached hydrogens (tertiary/aromatic N) is 1. The van der Waals surface area contributed by atoms with Crippen LogP contribution in [-0.2, 0) is 28.5 Å². The number of fused-ring (bicyclic) bond motifs is 5. The van der Waals surface area contributed by atoms with Crippen LogP contribution in [0.2, 0.25) is 0 Å². The van der Waals surface area contributed by atoms with Crippen molar-refractivity contribution in [3.8, 4) is 0 Å². The highest BCUT2D eigenvalue weighted by molar-refractivity contribution is 5.73. The topological polar surface area (TPSA) is 127 Å². The van der Waals surface area contributed by atoms with Crippen molar-refractivity contribution in [1.82, 2.24) is 4.90 Å². The number of aliphatic hydroxyl groups is 3. The molecule has 0 aromatic carbocycles. The minimum absolute atomic E-state index is 0.0476. The molecule has 3 aliphatic heterocycles. The zero-order valence-electron chi connectivity index (χ0n) is 29.0. The summed E-state index contributed by atoms with van der Waals surface area (Å²) in [6, 6.07) is -0.190. The van der Waals surface area contributed by atoms with E-state index in [0.29, 0.717) is 24.8 Å². The van der Waals surface area contributed by atoms with Gasteiger partial charge in [0.2, 0.25) is 0 Å². The first-order valence-electron chi connectivity index (χ1n) is 16.5. The number of aliphatic hydroxyl groups excluding tert-OH is 2. The number of hydrogen-bond acceptors (Lipinski definition) is 10. The number of rotatable bonds is 4. The number of cyclic esters (lactones) is 1. The Kier molecular flexibility index (Phi) is 12.5. The van der Waals surface area contributed by atoms with Crippen LogP contribution in [0.15, 0.2) is 12.2 Å². The first-order valence-corrected chi connectivity index (χ1v) is 16.5. The third kappa shape index (κ3) is 7.88. The van der Waals surface area contributed by atoms with Crippen LogP contribution in [0, 0.1) is 29.6 Å². The first-order chi connectivity index (χ1) is 20.3. The molecule has 2 bridgehead atoms. The van der Waals surface area contributed by atoms with Gasteiger partial charge in [-0.3, -0.25) is 4.79 Å². The number of carbonyl (C=O) groups is 1. The molecule has 2 unspecified atom stereocenters. The summed E-state index contributed by atoms with van der Waals surface area (Å²) in [5.41, 5.74) is -1.81. The van der Waals surface area contributed by atoms with Crippen molar-refractivity contribution in [2.24, 2.45) is 29.6 Å². The largest absolute Gasteiger partial charge is 0.459 e. The lowest BCUT2D eigenvalue weighted by atomic mass is 9.70. The minimum atomic E-state index is -1.50. The van der Waals surface area contributed by atoms with E-state index >= 15 is 0 Å². The molecule has 3 heterocycles. The van der Waals surface area contributed by atoms with Gasteiger partial charge in [0.25, 0.3) is 0 Å². The Bertz CT molecular complexity index is 974. The van der Waals surface area contributed by atoms with Crippen molar-refractivity contribution < 1.29 is 43.8 Å². The lowest BCUT2D eigenvalue weighted by Crippen LogP contribution is -2.60. The van der Waals surface area contributed by atoms with E-state index in [0.717, 1.165) is 0 Å². The summed E-state index contributed by atoms with van der Waals surface area (Å²) in [6.45, 7) is 21.8. The fraction of sp³-hybridized carbons (Fsp3) is 0.912. The molecule has 3 fully saturated rings. The Hall–Kier alpha value is -1.11. The van der Waals surface area contributed by atoms with Crippen LogP contribution in [-0.4, -0.2) is 114 Å². The van der Waals surface area contributed by atoms with Crippen LogP contribution in [0.1, 0.15) is 81.6 Å². The molecule has 10 heteroatoms. The molecule has 0 aromatic heterocycles. The Labute approximate surface area is 265 Å². The van der Waals surface area contributed by atoms with Gasteiger partial charge in [-0.25, -0.2) is 0 Å². The molecular weight excluding hydrogens is 566 g/mol. The number of ether oxygens (including phenoxy) is 5. The first kappa shape index (κ1) is 37.3. The summed E-state index contributed by atoms with van der Waals surface area (Å²) in [4.78, 5) is 15.5. The van der Waals surface area contributed by atoms with Crippen molar-refractivity contribution in [3.05, 3.63) is 12.2 Å². The lowest BCUT2D eigenvalue weighted by molar-refractivity contribution is -0.303. The third-order valence-electron chi connectivity index (χ3n) is 10.9. The van der Waals surface area contributed by atoms with Gasteiger partial charge in [0.05, 0.1) is 49.1 Å². The number of esters is 1. The van der Waals surface area contributed by atoms with Crippen molar-refractivity contribution >= 4 is 5.97 Å². The van der Waals surface area contributed by atoms with Crippen LogP contribution in [0.5, 0.6) is 0 Å². The second kappa shape index (κ2) is 14.8. The molecule has 44 heavy (non-hydrogen) atoms. The van der Waals surface area contributed by atoms with Gasteiger partial charge in [-0.05, 0) is 84.4 Å². The highest BCUT2D eigenvalue weighted by Gasteiger charge is 2.52. The van der Waals surface area contributed by atoms with E-state index < -0.39 is 65.8 Å². The van der Waals surface area contributed by atoms with Gasteiger partial charge in [0.1, 0.15) is 17.8 Å². The van der Waals surface area contributed by atoms with Gasteiger partial charge in [-0.15, -0.1) is 0 Å². The van der Waals surface area contributed by atoms with Crippen molar-refractivity contribution in [2.45, 2.75) is 142 Å². The molecule has 10 nitrogen and oxygen atoms in total. The molecular formula is C34H61NO9. The summed E-state index contributed by atoms with van der Waals surface area (Å²) < 4.78 is 32.1. The summed E-state index contributed by atoms with van der Waals surface area (Å²) in [5, 5.41) is 35.2. The number of carbonyl (C=O) groups excluding carboxylic acids is 1. The monoisotopic (exact) mass is 627 g/mol. The molecule has 3 rings (SSSR count). The predicted molar refractivity (Wildman–Crippen MR) is 168 cm³/mol.